The lowest BCUT2D eigenvalue weighted by atomic mass is 9.88. The lowest BCUT2D eigenvalue weighted by molar-refractivity contribution is -0.126. The zero-order chi connectivity index (χ0) is 11.4. The van der Waals surface area contributed by atoms with Crippen LogP contribution in [0.15, 0.2) is 0 Å². The largest absolute Gasteiger partial charge is 0.351 e. The van der Waals surface area contributed by atoms with Crippen LogP contribution in [-0.2, 0) is 4.79 Å². The van der Waals surface area contributed by atoms with E-state index in [0.717, 1.165) is 19.4 Å². The summed E-state index contributed by atoms with van der Waals surface area (Å²) >= 11 is 0. The third kappa shape index (κ3) is 3.20. The summed E-state index contributed by atoms with van der Waals surface area (Å²) in [6, 6.07) is 0.682. The van der Waals surface area contributed by atoms with Gasteiger partial charge in [-0.2, -0.15) is 0 Å². The van der Waals surface area contributed by atoms with Crippen molar-refractivity contribution in [3.63, 3.8) is 0 Å². The maximum Gasteiger partial charge on any atom is 0.223 e. The molecular weight excluding hydrogens is 188 g/mol. The number of carbonyl (C=O) groups is 1. The molecule has 0 aromatic heterocycles. The number of piperidine rings is 1. The standard InChI is InChI=1S/C12H24N2O/c1-5-8(2)12(15)14-11-9(3)6-7-13-10(11)4/h8-11,13H,5-7H2,1-4H3,(H,14,15). The summed E-state index contributed by atoms with van der Waals surface area (Å²) in [6.45, 7) is 9.48. The molecule has 0 spiro atoms. The Hall–Kier alpha value is -0.570. The van der Waals surface area contributed by atoms with Crippen LogP contribution in [0.1, 0.15) is 40.5 Å². The molecule has 4 unspecified atom stereocenters. The summed E-state index contributed by atoms with van der Waals surface area (Å²) in [5.74, 6) is 0.908. The molecule has 0 aliphatic carbocycles. The topological polar surface area (TPSA) is 41.1 Å². The highest BCUT2D eigenvalue weighted by atomic mass is 16.1. The van der Waals surface area contributed by atoms with Crippen LogP contribution < -0.4 is 10.6 Å². The number of rotatable bonds is 3. The normalized spacial score (nSPS) is 33.5. The summed E-state index contributed by atoms with van der Waals surface area (Å²) in [7, 11) is 0. The van der Waals surface area contributed by atoms with Crippen LogP contribution in [0, 0.1) is 11.8 Å². The van der Waals surface area contributed by atoms with Crippen molar-refractivity contribution in [2.24, 2.45) is 11.8 Å². The van der Waals surface area contributed by atoms with Crippen molar-refractivity contribution in [1.29, 1.82) is 0 Å². The van der Waals surface area contributed by atoms with Gasteiger partial charge in [-0.25, -0.2) is 0 Å². The molecule has 0 aromatic carbocycles. The highest BCUT2D eigenvalue weighted by molar-refractivity contribution is 5.78. The second-order valence-corrected chi connectivity index (χ2v) is 4.85. The molecule has 0 saturated carbocycles. The zero-order valence-corrected chi connectivity index (χ0v) is 10.3. The lowest BCUT2D eigenvalue weighted by Crippen LogP contribution is -2.56. The Morgan fingerprint density at radius 3 is 2.73 bits per heavy atom. The van der Waals surface area contributed by atoms with Crippen LogP contribution in [0.4, 0.5) is 0 Å². The number of hydrogen-bond acceptors (Lipinski definition) is 2. The SMILES string of the molecule is CCC(C)C(=O)NC1C(C)CCNC1C. The van der Waals surface area contributed by atoms with E-state index in [-0.39, 0.29) is 11.8 Å². The first kappa shape index (κ1) is 12.5. The van der Waals surface area contributed by atoms with Gasteiger partial charge in [-0.05, 0) is 32.2 Å². The minimum atomic E-state index is 0.131. The van der Waals surface area contributed by atoms with Gasteiger partial charge < -0.3 is 10.6 Å². The van der Waals surface area contributed by atoms with Gasteiger partial charge in [-0.3, -0.25) is 4.79 Å². The summed E-state index contributed by atoms with van der Waals surface area (Å²) in [6.07, 6.45) is 2.06. The molecule has 88 valence electrons. The molecule has 1 heterocycles. The molecule has 1 aliphatic heterocycles. The Kier molecular flexibility index (Phi) is 4.58. The smallest absolute Gasteiger partial charge is 0.223 e. The molecule has 15 heavy (non-hydrogen) atoms. The molecule has 1 amide bonds. The van der Waals surface area contributed by atoms with E-state index in [2.05, 4.69) is 31.4 Å². The van der Waals surface area contributed by atoms with Gasteiger partial charge in [0.15, 0.2) is 0 Å². The van der Waals surface area contributed by atoms with E-state index in [9.17, 15) is 4.79 Å². The minimum absolute atomic E-state index is 0.131. The highest BCUT2D eigenvalue weighted by Gasteiger charge is 2.29. The van der Waals surface area contributed by atoms with Gasteiger partial charge in [0, 0.05) is 18.0 Å². The van der Waals surface area contributed by atoms with Gasteiger partial charge >= 0.3 is 0 Å². The van der Waals surface area contributed by atoms with Crippen molar-refractivity contribution in [3.8, 4) is 0 Å². The fourth-order valence-corrected chi connectivity index (χ4v) is 2.10. The van der Waals surface area contributed by atoms with E-state index < -0.39 is 0 Å². The molecule has 0 aromatic rings. The van der Waals surface area contributed by atoms with Gasteiger partial charge in [-0.15, -0.1) is 0 Å². The monoisotopic (exact) mass is 212 g/mol. The van der Waals surface area contributed by atoms with Crippen LogP contribution in [-0.4, -0.2) is 24.5 Å². The number of amides is 1. The molecule has 3 nitrogen and oxygen atoms in total. The Morgan fingerprint density at radius 2 is 2.20 bits per heavy atom. The first-order valence-electron chi connectivity index (χ1n) is 6.10. The highest BCUT2D eigenvalue weighted by Crippen LogP contribution is 2.16. The summed E-state index contributed by atoms with van der Waals surface area (Å²) < 4.78 is 0. The predicted octanol–water partition coefficient (Wildman–Crippen LogP) is 1.54. The number of nitrogens with one attached hydrogen (secondary N) is 2. The van der Waals surface area contributed by atoms with Gasteiger partial charge in [0.2, 0.25) is 5.91 Å². The molecule has 0 radical (unpaired) electrons. The van der Waals surface area contributed by atoms with E-state index in [1.165, 1.54) is 0 Å². The third-order valence-electron chi connectivity index (χ3n) is 3.59. The van der Waals surface area contributed by atoms with Crippen LogP contribution in [0.25, 0.3) is 0 Å². The van der Waals surface area contributed by atoms with Crippen LogP contribution in [0.2, 0.25) is 0 Å². The second kappa shape index (κ2) is 5.50. The van der Waals surface area contributed by atoms with Crippen LogP contribution >= 0.6 is 0 Å². The summed E-state index contributed by atoms with van der Waals surface area (Å²) in [4.78, 5) is 11.8. The fraction of sp³-hybridized carbons (Fsp3) is 0.917. The molecule has 3 heteroatoms. The van der Waals surface area contributed by atoms with Crippen molar-refractivity contribution in [3.05, 3.63) is 0 Å². The van der Waals surface area contributed by atoms with Gasteiger partial charge in [0.25, 0.3) is 0 Å². The van der Waals surface area contributed by atoms with E-state index in [4.69, 9.17) is 0 Å². The van der Waals surface area contributed by atoms with Gasteiger partial charge in [-0.1, -0.05) is 20.8 Å². The van der Waals surface area contributed by atoms with Crippen molar-refractivity contribution in [2.45, 2.75) is 52.6 Å². The second-order valence-electron chi connectivity index (χ2n) is 4.85. The Bertz CT molecular complexity index is 208. The van der Waals surface area contributed by atoms with Crippen LogP contribution in [0.3, 0.4) is 0 Å². The average molecular weight is 212 g/mol. The lowest BCUT2D eigenvalue weighted by Gasteiger charge is -2.36. The molecule has 1 saturated heterocycles. The molecule has 2 N–H and O–H groups in total. The van der Waals surface area contributed by atoms with Crippen molar-refractivity contribution < 1.29 is 4.79 Å². The molecular formula is C12H24N2O. The third-order valence-corrected chi connectivity index (χ3v) is 3.59. The summed E-state index contributed by atoms with van der Waals surface area (Å²) in [5.41, 5.74) is 0. The van der Waals surface area contributed by atoms with E-state index in [1.807, 2.05) is 6.92 Å². The first-order valence-corrected chi connectivity index (χ1v) is 6.10. The van der Waals surface area contributed by atoms with E-state index in [0.29, 0.717) is 18.0 Å². The number of hydrogen-bond donors (Lipinski definition) is 2. The molecule has 1 rings (SSSR count). The molecule has 1 fully saturated rings. The van der Waals surface area contributed by atoms with E-state index in [1.54, 1.807) is 0 Å². The Balaban J connectivity index is 2.51. The molecule has 0 bridgehead atoms. The average Bonchev–Trinajstić information content (AvgIpc) is 2.22. The zero-order valence-electron chi connectivity index (χ0n) is 10.3. The maximum absolute atomic E-state index is 11.8. The molecule has 1 aliphatic rings. The minimum Gasteiger partial charge on any atom is -0.351 e. The van der Waals surface area contributed by atoms with Crippen molar-refractivity contribution in [2.75, 3.05) is 6.54 Å². The van der Waals surface area contributed by atoms with E-state index >= 15 is 0 Å². The number of carbonyl (C=O) groups excluding carboxylic acids is 1. The fourth-order valence-electron chi connectivity index (χ4n) is 2.10. The molecule has 4 atom stereocenters. The Labute approximate surface area is 93.0 Å². The Morgan fingerprint density at radius 1 is 1.53 bits per heavy atom. The predicted molar refractivity (Wildman–Crippen MR) is 62.6 cm³/mol. The summed E-state index contributed by atoms with van der Waals surface area (Å²) in [5, 5.41) is 6.58. The van der Waals surface area contributed by atoms with Crippen molar-refractivity contribution >= 4 is 5.91 Å². The quantitative estimate of drug-likeness (QED) is 0.745. The van der Waals surface area contributed by atoms with Gasteiger partial charge in [0.05, 0.1) is 0 Å². The van der Waals surface area contributed by atoms with Crippen molar-refractivity contribution in [1.82, 2.24) is 10.6 Å². The van der Waals surface area contributed by atoms with Crippen LogP contribution in [0.5, 0.6) is 0 Å². The first-order chi connectivity index (χ1) is 7.06. The maximum atomic E-state index is 11.8. The van der Waals surface area contributed by atoms with Gasteiger partial charge in [0.1, 0.15) is 0 Å².